The molecule has 0 aliphatic heterocycles. The van der Waals surface area contributed by atoms with Gasteiger partial charge >= 0.3 is 6.18 Å². The first-order chi connectivity index (χ1) is 9.95. The third-order valence-corrected chi connectivity index (χ3v) is 3.81. The molecule has 0 fully saturated rings. The fourth-order valence-electron chi connectivity index (χ4n) is 2.14. The molecule has 21 heavy (non-hydrogen) atoms. The minimum absolute atomic E-state index is 0.441. The number of nitrogens with zero attached hydrogens (tertiary/aromatic N) is 1. The predicted octanol–water partition coefficient (Wildman–Crippen LogP) is 5.68. The molecule has 0 bridgehead atoms. The van der Waals surface area contributed by atoms with E-state index >= 15 is 0 Å². The first kappa shape index (κ1) is 14.1. The number of alkyl halides is 3. The van der Waals surface area contributed by atoms with Gasteiger partial charge in [-0.2, -0.15) is 13.2 Å². The molecular weight excluding hydrogens is 343 g/mol. The molecule has 0 radical (unpaired) electrons. The summed E-state index contributed by atoms with van der Waals surface area (Å²) in [4.78, 5) is 4.43. The van der Waals surface area contributed by atoms with Gasteiger partial charge < -0.3 is 0 Å². The maximum absolute atomic E-state index is 12.8. The van der Waals surface area contributed by atoms with Crippen molar-refractivity contribution in [3.05, 3.63) is 64.6 Å². The van der Waals surface area contributed by atoms with E-state index in [4.69, 9.17) is 0 Å². The van der Waals surface area contributed by atoms with Crippen LogP contribution < -0.4 is 0 Å². The average molecular weight is 352 g/mol. The van der Waals surface area contributed by atoms with Crippen molar-refractivity contribution in [2.75, 3.05) is 0 Å². The Kier molecular flexibility index (Phi) is 3.45. The summed E-state index contributed by atoms with van der Waals surface area (Å²) < 4.78 is 39.2. The lowest BCUT2D eigenvalue weighted by Crippen LogP contribution is -2.04. The minimum Gasteiger partial charge on any atom is -0.248 e. The molecule has 106 valence electrons. The number of benzene rings is 2. The SMILES string of the molecule is FC(F)(F)c1cccc(-c2cc(Br)c3ccccc3n2)c1. The number of hydrogen-bond donors (Lipinski definition) is 0. The number of fused-ring (bicyclic) bond motifs is 1. The molecule has 0 N–H and O–H groups in total. The van der Waals surface area contributed by atoms with Gasteiger partial charge in [0, 0.05) is 15.4 Å². The summed E-state index contributed by atoms with van der Waals surface area (Å²) in [5, 5.41) is 0.924. The molecular formula is C16H9BrF3N. The topological polar surface area (TPSA) is 12.9 Å². The number of pyridine rings is 1. The Hall–Kier alpha value is -1.88. The molecule has 0 spiro atoms. The Morgan fingerprint density at radius 3 is 2.43 bits per heavy atom. The summed E-state index contributed by atoms with van der Waals surface area (Å²) in [6, 6.07) is 14.4. The van der Waals surface area contributed by atoms with Crippen molar-refractivity contribution in [3.8, 4) is 11.3 Å². The molecule has 3 rings (SSSR count). The van der Waals surface area contributed by atoms with Crippen LogP contribution >= 0.6 is 15.9 Å². The Morgan fingerprint density at radius 1 is 0.905 bits per heavy atom. The Labute approximate surface area is 127 Å². The second kappa shape index (κ2) is 5.15. The zero-order chi connectivity index (χ0) is 15.0. The lowest BCUT2D eigenvalue weighted by Gasteiger charge is -2.09. The van der Waals surface area contributed by atoms with Gasteiger partial charge in [-0.3, -0.25) is 0 Å². The highest BCUT2D eigenvalue weighted by Crippen LogP contribution is 2.33. The third kappa shape index (κ3) is 2.78. The number of halogens is 4. The number of para-hydroxylation sites is 1. The highest BCUT2D eigenvalue weighted by atomic mass is 79.9. The zero-order valence-corrected chi connectivity index (χ0v) is 12.2. The van der Waals surface area contributed by atoms with E-state index in [0.29, 0.717) is 11.3 Å². The molecule has 0 amide bonds. The standard InChI is InChI=1S/C16H9BrF3N/c17-13-9-15(21-14-7-2-1-6-12(13)14)10-4-3-5-11(8-10)16(18,19)20/h1-9H. The van der Waals surface area contributed by atoms with Gasteiger partial charge in [0.05, 0.1) is 16.8 Å². The molecule has 1 aromatic heterocycles. The van der Waals surface area contributed by atoms with Crippen LogP contribution in [-0.4, -0.2) is 4.98 Å². The quantitative estimate of drug-likeness (QED) is 0.549. The zero-order valence-electron chi connectivity index (χ0n) is 10.7. The van der Waals surface area contributed by atoms with E-state index in [1.54, 1.807) is 12.1 Å². The first-order valence-electron chi connectivity index (χ1n) is 6.18. The first-order valence-corrected chi connectivity index (χ1v) is 6.97. The maximum atomic E-state index is 12.8. The highest BCUT2D eigenvalue weighted by molar-refractivity contribution is 9.10. The van der Waals surface area contributed by atoms with E-state index in [1.165, 1.54) is 6.07 Å². The molecule has 3 aromatic rings. The summed E-state index contributed by atoms with van der Waals surface area (Å²) in [7, 11) is 0. The van der Waals surface area contributed by atoms with Crippen LogP contribution in [-0.2, 0) is 6.18 Å². The normalized spacial score (nSPS) is 11.8. The van der Waals surface area contributed by atoms with Gasteiger partial charge in [0.15, 0.2) is 0 Å². The Balaban J connectivity index is 2.17. The molecule has 5 heteroatoms. The smallest absolute Gasteiger partial charge is 0.248 e. The molecule has 2 aromatic carbocycles. The van der Waals surface area contributed by atoms with Crippen LogP contribution in [0.4, 0.5) is 13.2 Å². The minimum atomic E-state index is -4.36. The van der Waals surface area contributed by atoms with Crippen molar-refractivity contribution in [1.82, 2.24) is 4.98 Å². The van der Waals surface area contributed by atoms with E-state index in [1.807, 2.05) is 24.3 Å². The van der Waals surface area contributed by atoms with Crippen molar-refractivity contribution in [2.45, 2.75) is 6.18 Å². The van der Waals surface area contributed by atoms with Gasteiger partial charge in [-0.05, 0) is 24.3 Å². The Morgan fingerprint density at radius 2 is 1.67 bits per heavy atom. The highest BCUT2D eigenvalue weighted by Gasteiger charge is 2.30. The fraction of sp³-hybridized carbons (Fsp3) is 0.0625. The van der Waals surface area contributed by atoms with Crippen molar-refractivity contribution in [1.29, 1.82) is 0 Å². The van der Waals surface area contributed by atoms with Crippen molar-refractivity contribution in [2.24, 2.45) is 0 Å². The second-order valence-electron chi connectivity index (χ2n) is 4.59. The third-order valence-electron chi connectivity index (χ3n) is 3.15. The molecule has 0 saturated heterocycles. The second-order valence-corrected chi connectivity index (χ2v) is 5.44. The van der Waals surface area contributed by atoms with Crippen LogP contribution in [0.5, 0.6) is 0 Å². The maximum Gasteiger partial charge on any atom is 0.416 e. The van der Waals surface area contributed by atoms with Crippen molar-refractivity contribution in [3.63, 3.8) is 0 Å². The average Bonchev–Trinajstić information content (AvgIpc) is 2.46. The van der Waals surface area contributed by atoms with Gasteiger partial charge in [-0.1, -0.05) is 46.3 Å². The van der Waals surface area contributed by atoms with E-state index in [2.05, 4.69) is 20.9 Å². The summed E-state index contributed by atoms with van der Waals surface area (Å²) in [5.41, 5.74) is 1.01. The summed E-state index contributed by atoms with van der Waals surface area (Å²) in [6.07, 6.45) is -4.36. The van der Waals surface area contributed by atoms with E-state index in [9.17, 15) is 13.2 Å². The lowest BCUT2D eigenvalue weighted by molar-refractivity contribution is -0.137. The molecule has 0 saturated carbocycles. The van der Waals surface area contributed by atoms with Crippen LogP contribution in [0, 0.1) is 0 Å². The van der Waals surface area contributed by atoms with Gasteiger partial charge in [0.1, 0.15) is 0 Å². The predicted molar refractivity (Wildman–Crippen MR) is 79.9 cm³/mol. The van der Waals surface area contributed by atoms with Crippen LogP contribution in [0.25, 0.3) is 22.2 Å². The summed E-state index contributed by atoms with van der Waals surface area (Å²) >= 11 is 3.44. The summed E-state index contributed by atoms with van der Waals surface area (Å²) in [6.45, 7) is 0. The fourth-order valence-corrected chi connectivity index (χ4v) is 2.69. The largest absolute Gasteiger partial charge is 0.416 e. The number of hydrogen-bond acceptors (Lipinski definition) is 1. The number of aromatic nitrogens is 1. The molecule has 0 atom stereocenters. The molecule has 0 unspecified atom stereocenters. The van der Waals surface area contributed by atoms with Crippen LogP contribution in [0.3, 0.4) is 0 Å². The number of rotatable bonds is 1. The molecule has 1 nitrogen and oxygen atoms in total. The van der Waals surface area contributed by atoms with Crippen LogP contribution in [0.15, 0.2) is 59.1 Å². The van der Waals surface area contributed by atoms with Gasteiger partial charge in [0.2, 0.25) is 0 Å². The van der Waals surface area contributed by atoms with E-state index in [-0.39, 0.29) is 0 Å². The van der Waals surface area contributed by atoms with E-state index < -0.39 is 11.7 Å². The van der Waals surface area contributed by atoms with Crippen molar-refractivity contribution >= 4 is 26.8 Å². The lowest BCUT2D eigenvalue weighted by atomic mass is 10.1. The van der Waals surface area contributed by atoms with Crippen molar-refractivity contribution < 1.29 is 13.2 Å². The van der Waals surface area contributed by atoms with Crippen LogP contribution in [0.1, 0.15) is 5.56 Å². The summed E-state index contributed by atoms with van der Waals surface area (Å²) in [5.74, 6) is 0. The van der Waals surface area contributed by atoms with Gasteiger partial charge in [-0.25, -0.2) is 4.98 Å². The van der Waals surface area contributed by atoms with Gasteiger partial charge in [0.25, 0.3) is 0 Å². The van der Waals surface area contributed by atoms with Crippen LogP contribution in [0.2, 0.25) is 0 Å². The Bertz CT molecular complexity index is 812. The molecule has 0 aliphatic rings. The molecule has 1 heterocycles. The molecule has 0 aliphatic carbocycles. The van der Waals surface area contributed by atoms with Gasteiger partial charge in [-0.15, -0.1) is 0 Å². The monoisotopic (exact) mass is 351 g/mol. The van der Waals surface area contributed by atoms with E-state index in [0.717, 1.165) is 27.5 Å².